The third-order valence-corrected chi connectivity index (χ3v) is 3.79. The lowest BCUT2D eigenvalue weighted by molar-refractivity contribution is 0.102. The molecule has 0 atom stereocenters. The summed E-state index contributed by atoms with van der Waals surface area (Å²) in [6.45, 7) is 0. The van der Waals surface area contributed by atoms with Gasteiger partial charge in [-0.15, -0.1) is 21.5 Å². The Bertz CT molecular complexity index is 946. The Balaban J connectivity index is 1.48. The summed E-state index contributed by atoms with van der Waals surface area (Å²) in [5, 5.41) is 16.7. The van der Waals surface area contributed by atoms with Gasteiger partial charge in [-0.3, -0.25) is 10.1 Å². The number of nitrogens with zero attached hydrogens (tertiary/aromatic N) is 6. The SMILES string of the molecule is O=C(Nc1nc(-c2ccco2)cs1)c1ccc(-n2cncn2)nn1. The molecule has 9 nitrogen and oxygen atoms in total. The Labute approximate surface area is 139 Å². The molecule has 0 radical (unpaired) electrons. The van der Waals surface area contributed by atoms with Crippen molar-refractivity contribution in [2.75, 3.05) is 5.32 Å². The molecule has 118 valence electrons. The van der Waals surface area contributed by atoms with Gasteiger partial charge in [0.25, 0.3) is 5.91 Å². The third kappa shape index (κ3) is 2.77. The van der Waals surface area contributed by atoms with Crippen LogP contribution >= 0.6 is 11.3 Å². The van der Waals surface area contributed by atoms with Crippen LogP contribution in [0.3, 0.4) is 0 Å². The van der Waals surface area contributed by atoms with E-state index in [1.165, 1.54) is 28.7 Å². The fourth-order valence-corrected chi connectivity index (χ4v) is 2.62. The van der Waals surface area contributed by atoms with Gasteiger partial charge in [0.2, 0.25) is 0 Å². The van der Waals surface area contributed by atoms with Crippen LogP contribution in [-0.4, -0.2) is 35.9 Å². The minimum absolute atomic E-state index is 0.175. The Morgan fingerprint density at radius 3 is 2.92 bits per heavy atom. The van der Waals surface area contributed by atoms with E-state index >= 15 is 0 Å². The van der Waals surface area contributed by atoms with Crippen molar-refractivity contribution in [2.45, 2.75) is 0 Å². The van der Waals surface area contributed by atoms with Crippen LogP contribution in [0.5, 0.6) is 0 Å². The average Bonchev–Trinajstić information content (AvgIpc) is 3.36. The number of furan rings is 1. The van der Waals surface area contributed by atoms with Gasteiger partial charge in [-0.05, 0) is 24.3 Å². The molecule has 1 N–H and O–H groups in total. The number of carbonyl (C=O) groups is 1. The van der Waals surface area contributed by atoms with Crippen molar-refractivity contribution in [2.24, 2.45) is 0 Å². The minimum Gasteiger partial charge on any atom is -0.463 e. The summed E-state index contributed by atoms with van der Waals surface area (Å²) in [5.41, 5.74) is 0.835. The van der Waals surface area contributed by atoms with Crippen LogP contribution in [0.4, 0.5) is 5.13 Å². The summed E-state index contributed by atoms with van der Waals surface area (Å²) in [7, 11) is 0. The Hall–Kier alpha value is -3.40. The molecular weight excluding hydrogens is 330 g/mol. The van der Waals surface area contributed by atoms with Crippen LogP contribution in [0.2, 0.25) is 0 Å². The van der Waals surface area contributed by atoms with Gasteiger partial charge in [-0.1, -0.05) is 0 Å². The summed E-state index contributed by atoms with van der Waals surface area (Å²) in [6.07, 6.45) is 4.45. The summed E-state index contributed by atoms with van der Waals surface area (Å²) in [5.74, 6) is 0.718. The molecule has 1 amide bonds. The molecule has 0 unspecified atom stereocenters. The van der Waals surface area contributed by atoms with Gasteiger partial charge >= 0.3 is 0 Å². The van der Waals surface area contributed by atoms with E-state index in [0.29, 0.717) is 22.4 Å². The predicted octanol–water partition coefficient (Wildman–Crippen LogP) is 2.03. The van der Waals surface area contributed by atoms with Crippen LogP contribution < -0.4 is 5.32 Å². The van der Waals surface area contributed by atoms with Crippen molar-refractivity contribution in [3.63, 3.8) is 0 Å². The topological polar surface area (TPSA) is 112 Å². The molecular formula is C14H9N7O2S. The molecule has 0 saturated carbocycles. The number of anilines is 1. The van der Waals surface area contributed by atoms with Gasteiger partial charge in [0, 0.05) is 5.38 Å². The number of hydrogen-bond donors (Lipinski definition) is 1. The normalized spacial score (nSPS) is 10.7. The summed E-state index contributed by atoms with van der Waals surface area (Å²) in [4.78, 5) is 20.3. The third-order valence-electron chi connectivity index (χ3n) is 3.03. The van der Waals surface area contributed by atoms with Gasteiger partial charge < -0.3 is 4.42 Å². The predicted molar refractivity (Wildman–Crippen MR) is 84.7 cm³/mol. The van der Waals surface area contributed by atoms with Crippen molar-refractivity contribution >= 4 is 22.4 Å². The van der Waals surface area contributed by atoms with Crippen LogP contribution in [-0.2, 0) is 0 Å². The molecule has 0 aliphatic carbocycles. The molecule has 0 spiro atoms. The van der Waals surface area contributed by atoms with E-state index in [0.717, 1.165) is 0 Å². The lowest BCUT2D eigenvalue weighted by atomic mass is 10.3. The van der Waals surface area contributed by atoms with Gasteiger partial charge in [-0.2, -0.15) is 5.10 Å². The molecule has 4 aromatic rings. The number of amides is 1. The maximum absolute atomic E-state index is 12.2. The number of hydrogen-bond acceptors (Lipinski definition) is 8. The van der Waals surface area contributed by atoms with E-state index < -0.39 is 5.91 Å². The van der Waals surface area contributed by atoms with E-state index in [1.807, 2.05) is 0 Å². The van der Waals surface area contributed by atoms with E-state index in [-0.39, 0.29) is 5.69 Å². The van der Waals surface area contributed by atoms with Crippen molar-refractivity contribution in [3.05, 3.63) is 54.3 Å². The molecule has 4 rings (SSSR count). The van der Waals surface area contributed by atoms with E-state index in [4.69, 9.17) is 4.42 Å². The zero-order valence-electron chi connectivity index (χ0n) is 12.0. The first-order chi connectivity index (χ1) is 11.8. The van der Waals surface area contributed by atoms with Gasteiger partial charge in [0.15, 0.2) is 22.4 Å². The first kappa shape index (κ1) is 14.2. The van der Waals surface area contributed by atoms with E-state index in [1.54, 1.807) is 35.9 Å². The molecule has 0 bridgehead atoms. The van der Waals surface area contributed by atoms with E-state index in [9.17, 15) is 4.79 Å². The van der Waals surface area contributed by atoms with Crippen LogP contribution in [0.1, 0.15) is 10.5 Å². The fraction of sp³-hybridized carbons (Fsp3) is 0. The molecule has 24 heavy (non-hydrogen) atoms. The smallest absolute Gasteiger partial charge is 0.277 e. The second kappa shape index (κ2) is 6.01. The van der Waals surface area contributed by atoms with Crippen molar-refractivity contribution < 1.29 is 9.21 Å². The second-order valence-electron chi connectivity index (χ2n) is 4.59. The maximum Gasteiger partial charge on any atom is 0.277 e. The summed E-state index contributed by atoms with van der Waals surface area (Å²) >= 11 is 1.30. The van der Waals surface area contributed by atoms with Crippen molar-refractivity contribution in [1.29, 1.82) is 0 Å². The molecule has 0 aliphatic heterocycles. The summed E-state index contributed by atoms with van der Waals surface area (Å²) in [6, 6.07) is 6.77. The number of nitrogens with one attached hydrogen (secondary N) is 1. The molecule has 0 fully saturated rings. The van der Waals surface area contributed by atoms with Gasteiger partial charge in [0.1, 0.15) is 18.3 Å². The molecule has 0 aliphatic rings. The highest BCUT2D eigenvalue weighted by Gasteiger charge is 2.13. The molecule has 0 saturated heterocycles. The maximum atomic E-state index is 12.2. The Morgan fingerprint density at radius 1 is 1.25 bits per heavy atom. The van der Waals surface area contributed by atoms with Gasteiger partial charge in [-0.25, -0.2) is 14.6 Å². The molecule has 10 heteroatoms. The van der Waals surface area contributed by atoms with E-state index in [2.05, 4.69) is 30.6 Å². The number of rotatable bonds is 4. The molecule has 0 aromatic carbocycles. The molecule has 4 aromatic heterocycles. The van der Waals surface area contributed by atoms with Gasteiger partial charge in [0.05, 0.1) is 6.26 Å². The highest BCUT2D eigenvalue weighted by Crippen LogP contribution is 2.25. The number of aromatic nitrogens is 6. The fourth-order valence-electron chi connectivity index (χ4n) is 1.92. The highest BCUT2D eigenvalue weighted by molar-refractivity contribution is 7.14. The quantitative estimate of drug-likeness (QED) is 0.605. The average molecular weight is 339 g/mol. The minimum atomic E-state index is -0.395. The Morgan fingerprint density at radius 2 is 2.21 bits per heavy atom. The first-order valence-electron chi connectivity index (χ1n) is 6.79. The highest BCUT2D eigenvalue weighted by atomic mass is 32.1. The van der Waals surface area contributed by atoms with Crippen molar-refractivity contribution in [3.8, 4) is 17.3 Å². The first-order valence-corrected chi connectivity index (χ1v) is 7.67. The summed E-state index contributed by atoms with van der Waals surface area (Å²) < 4.78 is 6.72. The zero-order chi connectivity index (χ0) is 16.4. The van der Waals surface area contributed by atoms with Crippen LogP contribution in [0.15, 0.2) is 53.0 Å². The Kier molecular flexibility index (Phi) is 3.56. The second-order valence-corrected chi connectivity index (χ2v) is 5.44. The lowest BCUT2D eigenvalue weighted by Gasteiger charge is -2.01. The monoisotopic (exact) mass is 339 g/mol. The number of carbonyl (C=O) groups excluding carboxylic acids is 1. The largest absolute Gasteiger partial charge is 0.463 e. The lowest BCUT2D eigenvalue weighted by Crippen LogP contribution is -2.15. The van der Waals surface area contributed by atoms with Crippen LogP contribution in [0.25, 0.3) is 17.3 Å². The molecule has 4 heterocycles. The number of thiazole rings is 1. The van der Waals surface area contributed by atoms with Crippen molar-refractivity contribution in [1.82, 2.24) is 29.9 Å². The standard InChI is InChI=1S/C14H9N7O2S/c22-13(9-3-4-12(20-19-9)21-8-15-7-16-21)18-14-17-10(6-24-14)11-2-1-5-23-11/h1-8H,(H,17,18,22). The van der Waals surface area contributed by atoms with Crippen LogP contribution in [0, 0.1) is 0 Å². The zero-order valence-corrected chi connectivity index (χ0v) is 12.8.